The maximum Gasteiger partial charge on any atom is 0.232 e. The van der Waals surface area contributed by atoms with Crippen LogP contribution in [0.25, 0.3) is 0 Å². The van der Waals surface area contributed by atoms with E-state index < -0.39 is 0 Å². The molecule has 0 bridgehead atoms. The van der Waals surface area contributed by atoms with Crippen molar-refractivity contribution < 1.29 is 4.79 Å². The summed E-state index contributed by atoms with van der Waals surface area (Å²) in [6, 6.07) is 8.12. The van der Waals surface area contributed by atoms with E-state index in [-0.39, 0.29) is 11.7 Å². The van der Waals surface area contributed by atoms with Crippen molar-refractivity contribution in [2.45, 2.75) is 6.42 Å². The van der Waals surface area contributed by atoms with E-state index in [1.165, 1.54) is 5.56 Å². The lowest BCUT2D eigenvalue weighted by Crippen LogP contribution is -2.29. The molecule has 0 unspecified atom stereocenters. The lowest BCUT2D eigenvalue weighted by atomic mass is 10.1. The van der Waals surface area contributed by atoms with E-state index in [0.717, 1.165) is 17.4 Å². The van der Waals surface area contributed by atoms with Gasteiger partial charge in [-0.2, -0.15) is 12.6 Å². The number of carbonyl (C=O) groups is 1. The van der Waals surface area contributed by atoms with Crippen LogP contribution >= 0.6 is 28.6 Å². The molecular formula is C11H14BrNOS. The third-order valence-electron chi connectivity index (χ3n) is 2.19. The average molecular weight is 288 g/mol. The molecule has 0 heterocycles. The molecule has 0 aliphatic carbocycles. The van der Waals surface area contributed by atoms with Crippen LogP contribution in [-0.2, 0) is 11.2 Å². The highest BCUT2D eigenvalue weighted by molar-refractivity contribution is 9.10. The number of thiol groups is 1. The Hall–Kier alpha value is -0.480. The predicted octanol–water partition coefficient (Wildman–Crippen LogP) is 2.38. The Balaban J connectivity index is 2.47. The van der Waals surface area contributed by atoms with Crippen molar-refractivity contribution in [2.24, 2.45) is 0 Å². The lowest BCUT2D eigenvalue weighted by molar-refractivity contribution is -0.127. The largest absolute Gasteiger partial charge is 0.345 e. The highest BCUT2D eigenvalue weighted by atomic mass is 79.9. The smallest absolute Gasteiger partial charge is 0.232 e. The topological polar surface area (TPSA) is 20.3 Å². The Morgan fingerprint density at radius 1 is 1.53 bits per heavy atom. The lowest BCUT2D eigenvalue weighted by Gasteiger charge is -2.15. The van der Waals surface area contributed by atoms with Crippen LogP contribution < -0.4 is 0 Å². The fourth-order valence-electron chi connectivity index (χ4n) is 1.23. The van der Waals surface area contributed by atoms with Gasteiger partial charge < -0.3 is 4.90 Å². The van der Waals surface area contributed by atoms with Crippen molar-refractivity contribution >= 4 is 34.5 Å². The Bertz CT molecular complexity index is 343. The van der Waals surface area contributed by atoms with Crippen molar-refractivity contribution in [3.05, 3.63) is 34.3 Å². The van der Waals surface area contributed by atoms with Crippen LogP contribution in [0.5, 0.6) is 0 Å². The summed E-state index contributed by atoms with van der Waals surface area (Å²) < 4.78 is 1.07. The van der Waals surface area contributed by atoms with Crippen LogP contribution in [0.15, 0.2) is 28.7 Å². The normalized spacial score (nSPS) is 10.1. The first kappa shape index (κ1) is 12.6. The molecule has 0 aliphatic rings. The number of likely N-dealkylation sites (N-methyl/N-ethyl adjacent to an activating group) is 1. The third kappa shape index (κ3) is 4.26. The minimum absolute atomic E-state index is 0.0633. The van der Waals surface area contributed by atoms with Gasteiger partial charge in [0.2, 0.25) is 5.91 Å². The molecule has 15 heavy (non-hydrogen) atoms. The predicted molar refractivity (Wildman–Crippen MR) is 69.3 cm³/mol. The number of hydrogen-bond donors (Lipinski definition) is 1. The fourth-order valence-corrected chi connectivity index (χ4v) is 1.92. The first-order chi connectivity index (χ1) is 7.13. The summed E-state index contributed by atoms with van der Waals surface area (Å²) >= 11 is 7.37. The number of benzene rings is 1. The zero-order valence-electron chi connectivity index (χ0n) is 8.61. The van der Waals surface area contributed by atoms with E-state index in [0.29, 0.717) is 0 Å². The molecule has 0 atom stereocenters. The molecule has 0 saturated heterocycles. The monoisotopic (exact) mass is 287 g/mol. The van der Waals surface area contributed by atoms with E-state index in [1.54, 1.807) is 11.9 Å². The van der Waals surface area contributed by atoms with Gasteiger partial charge in [-0.1, -0.05) is 28.1 Å². The SMILES string of the molecule is CN(CCc1cccc(Br)c1)C(=O)CS. The van der Waals surface area contributed by atoms with Crippen LogP contribution in [0, 0.1) is 0 Å². The molecule has 0 radical (unpaired) electrons. The standard InChI is InChI=1S/C11H14BrNOS/c1-13(11(14)8-15)6-5-9-3-2-4-10(12)7-9/h2-4,7,15H,5-6,8H2,1H3. The van der Waals surface area contributed by atoms with Crippen LogP contribution in [0.2, 0.25) is 0 Å². The van der Waals surface area contributed by atoms with Crippen molar-refractivity contribution in [3.8, 4) is 0 Å². The summed E-state index contributed by atoms with van der Waals surface area (Å²) in [6.45, 7) is 0.732. The summed E-state index contributed by atoms with van der Waals surface area (Å²) in [4.78, 5) is 12.9. The zero-order chi connectivity index (χ0) is 11.3. The molecule has 82 valence electrons. The van der Waals surface area contributed by atoms with Gasteiger partial charge in [-0.3, -0.25) is 4.79 Å². The number of rotatable bonds is 4. The summed E-state index contributed by atoms with van der Waals surface area (Å²) in [5, 5.41) is 0. The first-order valence-corrected chi connectivity index (χ1v) is 6.15. The maximum atomic E-state index is 11.2. The van der Waals surface area contributed by atoms with E-state index in [9.17, 15) is 4.79 Å². The zero-order valence-corrected chi connectivity index (χ0v) is 11.1. The second-order valence-corrected chi connectivity index (χ2v) is 4.59. The van der Waals surface area contributed by atoms with Gasteiger partial charge in [0.05, 0.1) is 5.75 Å². The van der Waals surface area contributed by atoms with Crippen molar-refractivity contribution in [1.29, 1.82) is 0 Å². The van der Waals surface area contributed by atoms with E-state index >= 15 is 0 Å². The summed E-state index contributed by atoms with van der Waals surface area (Å²) in [5.74, 6) is 0.336. The average Bonchev–Trinajstić information content (AvgIpc) is 2.25. The highest BCUT2D eigenvalue weighted by Gasteiger charge is 2.05. The van der Waals surface area contributed by atoms with E-state index in [4.69, 9.17) is 0 Å². The summed E-state index contributed by atoms with van der Waals surface area (Å²) in [7, 11) is 1.80. The number of amides is 1. The maximum absolute atomic E-state index is 11.2. The van der Waals surface area contributed by atoms with Gasteiger partial charge >= 0.3 is 0 Å². The molecule has 1 rings (SSSR count). The number of halogens is 1. The van der Waals surface area contributed by atoms with Gasteiger partial charge in [0.25, 0.3) is 0 Å². The molecule has 0 fully saturated rings. The molecule has 0 aromatic heterocycles. The second kappa shape index (κ2) is 6.18. The van der Waals surface area contributed by atoms with Gasteiger partial charge in [0.15, 0.2) is 0 Å². The summed E-state index contributed by atoms with van der Waals surface area (Å²) in [6.07, 6.45) is 0.870. The molecule has 0 saturated carbocycles. The quantitative estimate of drug-likeness (QED) is 0.843. The molecule has 0 aliphatic heterocycles. The molecule has 0 N–H and O–H groups in total. The molecule has 0 spiro atoms. The molecule has 1 amide bonds. The van der Waals surface area contributed by atoms with Gasteiger partial charge in [-0.25, -0.2) is 0 Å². The molecule has 2 nitrogen and oxygen atoms in total. The van der Waals surface area contributed by atoms with Crippen LogP contribution in [0.1, 0.15) is 5.56 Å². The minimum Gasteiger partial charge on any atom is -0.345 e. The fraction of sp³-hybridized carbons (Fsp3) is 0.364. The summed E-state index contributed by atoms with van der Waals surface area (Å²) in [5.41, 5.74) is 1.23. The van der Waals surface area contributed by atoms with Gasteiger partial charge in [-0.15, -0.1) is 0 Å². The number of nitrogens with zero attached hydrogens (tertiary/aromatic N) is 1. The van der Waals surface area contributed by atoms with Crippen LogP contribution in [-0.4, -0.2) is 30.2 Å². The molecule has 4 heteroatoms. The Labute approximate surface area is 104 Å². The van der Waals surface area contributed by atoms with E-state index in [2.05, 4.69) is 40.7 Å². The first-order valence-electron chi connectivity index (χ1n) is 4.72. The molecule has 1 aromatic carbocycles. The number of hydrogen-bond acceptors (Lipinski definition) is 2. The van der Waals surface area contributed by atoms with E-state index in [1.807, 2.05) is 12.1 Å². The third-order valence-corrected chi connectivity index (χ3v) is 2.95. The Morgan fingerprint density at radius 3 is 2.87 bits per heavy atom. The highest BCUT2D eigenvalue weighted by Crippen LogP contribution is 2.12. The Kier molecular flexibility index (Phi) is 5.19. The van der Waals surface area contributed by atoms with Gasteiger partial charge in [0.1, 0.15) is 0 Å². The Morgan fingerprint density at radius 2 is 2.27 bits per heavy atom. The van der Waals surface area contributed by atoms with Gasteiger partial charge in [0, 0.05) is 18.1 Å². The van der Waals surface area contributed by atoms with Crippen LogP contribution in [0.4, 0.5) is 0 Å². The number of carbonyl (C=O) groups excluding carboxylic acids is 1. The molecule has 1 aromatic rings. The second-order valence-electron chi connectivity index (χ2n) is 3.35. The van der Waals surface area contributed by atoms with Crippen molar-refractivity contribution in [1.82, 2.24) is 4.90 Å². The molecular weight excluding hydrogens is 274 g/mol. The minimum atomic E-state index is 0.0633. The van der Waals surface area contributed by atoms with Gasteiger partial charge in [-0.05, 0) is 24.1 Å². The van der Waals surface area contributed by atoms with Crippen molar-refractivity contribution in [2.75, 3.05) is 19.3 Å². The van der Waals surface area contributed by atoms with Crippen molar-refractivity contribution in [3.63, 3.8) is 0 Å². The van der Waals surface area contributed by atoms with Crippen LogP contribution in [0.3, 0.4) is 0 Å².